The highest BCUT2D eigenvalue weighted by molar-refractivity contribution is 7.99. The third-order valence-electron chi connectivity index (χ3n) is 4.08. The van der Waals surface area contributed by atoms with Crippen LogP contribution in [0.2, 0.25) is 5.02 Å². The van der Waals surface area contributed by atoms with Crippen molar-refractivity contribution in [1.29, 1.82) is 0 Å². The van der Waals surface area contributed by atoms with Crippen LogP contribution in [0.3, 0.4) is 0 Å². The molecule has 2 N–H and O–H groups in total. The maximum absolute atomic E-state index is 12.2. The number of amides is 1. The van der Waals surface area contributed by atoms with E-state index < -0.39 is 0 Å². The minimum Gasteiger partial charge on any atom is -0.508 e. The van der Waals surface area contributed by atoms with Crippen LogP contribution in [-0.2, 0) is 11.3 Å². The Morgan fingerprint density at radius 1 is 1.24 bits per heavy atom. The molecule has 0 aliphatic carbocycles. The second-order valence-corrected chi connectivity index (χ2v) is 7.51. The van der Waals surface area contributed by atoms with Crippen LogP contribution >= 0.6 is 23.4 Å². The summed E-state index contributed by atoms with van der Waals surface area (Å²) in [5.41, 5.74) is 4.77. The molecule has 3 rings (SSSR count). The fourth-order valence-electron chi connectivity index (χ4n) is 2.60. The Hall–Kier alpha value is -2.84. The van der Waals surface area contributed by atoms with Gasteiger partial charge < -0.3 is 9.67 Å². The number of thioether (sulfide) groups is 1. The first-order valence-corrected chi connectivity index (χ1v) is 10.3. The Kier molecular flexibility index (Phi) is 6.90. The number of halogens is 1. The molecule has 1 aromatic heterocycles. The van der Waals surface area contributed by atoms with Gasteiger partial charge in [0.05, 0.1) is 11.5 Å². The predicted molar refractivity (Wildman–Crippen MR) is 115 cm³/mol. The molecule has 150 valence electrons. The predicted octanol–water partition coefficient (Wildman–Crippen LogP) is 3.96. The molecule has 3 aromatic rings. The summed E-state index contributed by atoms with van der Waals surface area (Å²) < 4.78 is 1.95. The first-order valence-electron chi connectivity index (χ1n) is 8.92. The van der Waals surface area contributed by atoms with Gasteiger partial charge in [-0.3, -0.25) is 4.79 Å². The Morgan fingerprint density at radius 2 is 2.00 bits per heavy atom. The zero-order chi connectivity index (χ0) is 20.8. The fraction of sp³-hybridized carbons (Fsp3) is 0.200. The van der Waals surface area contributed by atoms with Crippen LogP contribution < -0.4 is 5.43 Å². The minimum atomic E-state index is -0.256. The van der Waals surface area contributed by atoms with Crippen LogP contribution in [0.4, 0.5) is 0 Å². The molecule has 7 nitrogen and oxygen atoms in total. The third-order valence-corrected chi connectivity index (χ3v) is 5.30. The van der Waals surface area contributed by atoms with E-state index in [4.69, 9.17) is 11.6 Å². The van der Waals surface area contributed by atoms with Crippen molar-refractivity contribution in [1.82, 2.24) is 20.2 Å². The largest absolute Gasteiger partial charge is 0.508 e. The van der Waals surface area contributed by atoms with Gasteiger partial charge in [-0.15, -0.1) is 10.2 Å². The summed E-state index contributed by atoms with van der Waals surface area (Å²) in [4.78, 5) is 12.2. The highest BCUT2D eigenvalue weighted by atomic mass is 35.5. The second kappa shape index (κ2) is 9.58. The normalized spacial score (nSPS) is 11.5. The van der Waals surface area contributed by atoms with Gasteiger partial charge in [0.1, 0.15) is 5.75 Å². The molecule has 2 aromatic carbocycles. The van der Waals surface area contributed by atoms with E-state index in [0.717, 1.165) is 17.0 Å². The summed E-state index contributed by atoms with van der Waals surface area (Å²) in [7, 11) is 0. The van der Waals surface area contributed by atoms with Gasteiger partial charge in [-0.2, -0.15) is 5.10 Å². The van der Waals surface area contributed by atoms with Gasteiger partial charge in [0.15, 0.2) is 11.0 Å². The van der Waals surface area contributed by atoms with Gasteiger partial charge in [-0.1, -0.05) is 35.5 Å². The van der Waals surface area contributed by atoms with E-state index in [1.807, 2.05) is 29.7 Å². The summed E-state index contributed by atoms with van der Waals surface area (Å²) in [5.74, 6) is 0.766. The first kappa shape index (κ1) is 20.9. The number of phenolic OH excluding ortho intramolecular Hbond substituents is 1. The van der Waals surface area contributed by atoms with Crippen molar-refractivity contribution in [2.45, 2.75) is 25.5 Å². The summed E-state index contributed by atoms with van der Waals surface area (Å²) in [5, 5.41) is 23.4. The Morgan fingerprint density at radius 3 is 2.69 bits per heavy atom. The molecule has 0 spiro atoms. The molecule has 29 heavy (non-hydrogen) atoms. The maximum atomic E-state index is 12.2. The number of rotatable bonds is 7. The molecule has 1 heterocycles. The quantitative estimate of drug-likeness (QED) is 0.337. The van der Waals surface area contributed by atoms with Gasteiger partial charge in [0.25, 0.3) is 5.91 Å². The van der Waals surface area contributed by atoms with E-state index in [1.54, 1.807) is 37.3 Å². The van der Waals surface area contributed by atoms with E-state index in [9.17, 15) is 9.90 Å². The average molecular weight is 430 g/mol. The number of carbonyl (C=O) groups is 1. The number of carbonyl (C=O) groups excluding carboxylic acids is 1. The monoisotopic (exact) mass is 429 g/mol. The lowest BCUT2D eigenvalue weighted by molar-refractivity contribution is -0.118. The van der Waals surface area contributed by atoms with E-state index >= 15 is 0 Å². The number of hydrazone groups is 1. The Bertz CT molecular complexity index is 1030. The van der Waals surface area contributed by atoms with Crippen molar-refractivity contribution in [3.8, 4) is 17.1 Å². The van der Waals surface area contributed by atoms with Crippen LogP contribution in [0.25, 0.3) is 11.4 Å². The number of aromatic hydroxyl groups is 1. The van der Waals surface area contributed by atoms with Gasteiger partial charge in [-0.05, 0) is 50.2 Å². The SMILES string of the molecule is CCn1c(SCC(=O)N/N=C(\C)c2cccc(O)c2)nnc1-c1ccc(Cl)cc1. The number of nitrogens with zero attached hydrogens (tertiary/aromatic N) is 4. The maximum Gasteiger partial charge on any atom is 0.250 e. The van der Waals surface area contributed by atoms with Gasteiger partial charge >= 0.3 is 0 Å². The highest BCUT2D eigenvalue weighted by Crippen LogP contribution is 2.25. The van der Waals surface area contributed by atoms with Gasteiger partial charge in [0, 0.05) is 22.7 Å². The summed E-state index contributed by atoms with van der Waals surface area (Å²) >= 11 is 7.24. The highest BCUT2D eigenvalue weighted by Gasteiger charge is 2.14. The topological polar surface area (TPSA) is 92.4 Å². The molecule has 0 saturated carbocycles. The zero-order valence-electron chi connectivity index (χ0n) is 16.0. The summed E-state index contributed by atoms with van der Waals surface area (Å²) in [6.45, 7) is 4.42. The molecule has 0 aliphatic rings. The van der Waals surface area contributed by atoms with Crippen LogP contribution in [0.1, 0.15) is 19.4 Å². The number of aromatic nitrogens is 3. The van der Waals surface area contributed by atoms with Crippen LogP contribution in [0.15, 0.2) is 58.8 Å². The van der Waals surface area contributed by atoms with Crippen LogP contribution in [0, 0.1) is 0 Å². The molecule has 0 radical (unpaired) electrons. The molecule has 1 amide bonds. The lowest BCUT2D eigenvalue weighted by Crippen LogP contribution is -2.21. The second-order valence-electron chi connectivity index (χ2n) is 6.13. The number of phenols is 1. The summed E-state index contributed by atoms with van der Waals surface area (Å²) in [6, 6.07) is 14.1. The van der Waals surface area contributed by atoms with Gasteiger partial charge in [0.2, 0.25) is 0 Å². The summed E-state index contributed by atoms with van der Waals surface area (Å²) in [6.07, 6.45) is 0. The molecular formula is C20H20ClN5O2S. The number of nitrogens with one attached hydrogen (secondary N) is 1. The Balaban J connectivity index is 1.63. The molecule has 0 saturated heterocycles. The van der Waals surface area contributed by atoms with E-state index in [-0.39, 0.29) is 17.4 Å². The van der Waals surface area contributed by atoms with Gasteiger partial charge in [-0.25, -0.2) is 5.43 Å². The number of hydrogen-bond acceptors (Lipinski definition) is 6. The molecular weight excluding hydrogens is 410 g/mol. The van der Waals surface area contributed by atoms with Crippen molar-refractivity contribution in [2.75, 3.05) is 5.75 Å². The number of benzene rings is 2. The molecule has 0 bridgehead atoms. The van der Waals surface area contributed by atoms with Crippen molar-refractivity contribution < 1.29 is 9.90 Å². The lowest BCUT2D eigenvalue weighted by Gasteiger charge is -2.07. The Labute approximate surface area is 177 Å². The molecule has 0 atom stereocenters. The van der Waals surface area contributed by atoms with Crippen molar-refractivity contribution >= 4 is 35.0 Å². The molecule has 9 heteroatoms. The third kappa shape index (κ3) is 5.36. The van der Waals surface area contributed by atoms with E-state index in [0.29, 0.717) is 22.4 Å². The standard InChI is InChI=1S/C20H20ClN5O2S/c1-3-26-19(14-7-9-16(21)10-8-14)24-25-20(26)29-12-18(28)23-22-13(2)15-5-4-6-17(27)11-15/h4-11,27H,3,12H2,1-2H3,(H,23,28)/b22-13+. The minimum absolute atomic E-state index is 0.148. The van der Waals surface area contributed by atoms with E-state index in [2.05, 4.69) is 20.7 Å². The zero-order valence-corrected chi connectivity index (χ0v) is 17.5. The van der Waals surface area contributed by atoms with E-state index in [1.165, 1.54) is 11.8 Å². The molecule has 0 unspecified atom stereocenters. The molecule has 0 fully saturated rings. The van der Waals surface area contributed by atoms with Crippen molar-refractivity contribution in [2.24, 2.45) is 5.10 Å². The smallest absolute Gasteiger partial charge is 0.250 e. The van der Waals surface area contributed by atoms with Crippen molar-refractivity contribution in [3.05, 3.63) is 59.1 Å². The fourth-order valence-corrected chi connectivity index (χ4v) is 3.52. The van der Waals surface area contributed by atoms with Crippen LogP contribution in [0.5, 0.6) is 5.75 Å². The first-order chi connectivity index (χ1) is 14.0. The van der Waals surface area contributed by atoms with Crippen molar-refractivity contribution in [3.63, 3.8) is 0 Å². The molecule has 0 aliphatic heterocycles. The number of hydrogen-bond donors (Lipinski definition) is 2. The lowest BCUT2D eigenvalue weighted by atomic mass is 10.1. The van der Waals surface area contributed by atoms with Crippen LogP contribution in [-0.4, -0.2) is 37.2 Å². The average Bonchev–Trinajstić information content (AvgIpc) is 3.14.